The van der Waals surface area contributed by atoms with Crippen LogP contribution in [0.4, 0.5) is 0 Å². The lowest BCUT2D eigenvalue weighted by atomic mass is 10.2. The zero-order valence-corrected chi connectivity index (χ0v) is 8.72. The standard InChI is InChI=1S/C12H15N2O/c15-11-14-8-6-13(7-9-14)10-12-4-2-1-3-5-12/h1-2,4-5,11H,6-10H2. The molecule has 1 aromatic carbocycles. The summed E-state index contributed by atoms with van der Waals surface area (Å²) in [6.45, 7) is 4.59. The highest BCUT2D eigenvalue weighted by Gasteiger charge is 2.14. The predicted octanol–water partition coefficient (Wildman–Crippen LogP) is 0.761. The van der Waals surface area contributed by atoms with E-state index in [1.54, 1.807) is 0 Å². The molecule has 0 aromatic heterocycles. The summed E-state index contributed by atoms with van der Waals surface area (Å²) in [6, 6.07) is 11.1. The Morgan fingerprint density at radius 1 is 1.33 bits per heavy atom. The second-order valence-corrected chi connectivity index (χ2v) is 3.83. The van der Waals surface area contributed by atoms with Crippen molar-refractivity contribution in [3.8, 4) is 0 Å². The second kappa shape index (κ2) is 4.94. The summed E-state index contributed by atoms with van der Waals surface area (Å²) in [5.41, 5.74) is 1.29. The fraction of sp³-hybridized carbons (Fsp3) is 0.417. The minimum atomic E-state index is 0.847. The average Bonchev–Trinajstić information content (AvgIpc) is 2.31. The second-order valence-electron chi connectivity index (χ2n) is 3.83. The van der Waals surface area contributed by atoms with Crippen LogP contribution < -0.4 is 0 Å². The van der Waals surface area contributed by atoms with Crippen LogP contribution >= 0.6 is 0 Å². The van der Waals surface area contributed by atoms with Gasteiger partial charge >= 0.3 is 0 Å². The number of carbonyl (C=O) groups is 1. The molecule has 1 aromatic rings. The van der Waals surface area contributed by atoms with Gasteiger partial charge in [0.25, 0.3) is 0 Å². The van der Waals surface area contributed by atoms with E-state index in [2.05, 4.69) is 17.0 Å². The van der Waals surface area contributed by atoms with Crippen LogP contribution in [0.3, 0.4) is 0 Å². The lowest BCUT2D eigenvalue weighted by Crippen LogP contribution is -2.45. The molecule has 1 saturated heterocycles. The molecule has 0 unspecified atom stereocenters. The SMILES string of the molecule is O=CN1CCN(Cc2c[c]ccc2)CC1. The lowest BCUT2D eigenvalue weighted by molar-refractivity contribution is -0.119. The van der Waals surface area contributed by atoms with E-state index in [9.17, 15) is 4.79 Å². The third kappa shape index (κ3) is 2.80. The van der Waals surface area contributed by atoms with Gasteiger partial charge in [-0.1, -0.05) is 18.2 Å². The number of benzene rings is 1. The van der Waals surface area contributed by atoms with Crippen molar-refractivity contribution in [1.29, 1.82) is 0 Å². The van der Waals surface area contributed by atoms with Gasteiger partial charge in [-0.2, -0.15) is 0 Å². The van der Waals surface area contributed by atoms with E-state index in [0.29, 0.717) is 0 Å². The molecule has 1 fully saturated rings. The number of hydrogen-bond acceptors (Lipinski definition) is 2. The van der Waals surface area contributed by atoms with Gasteiger partial charge in [0.15, 0.2) is 0 Å². The van der Waals surface area contributed by atoms with Gasteiger partial charge < -0.3 is 4.90 Å². The van der Waals surface area contributed by atoms with Crippen LogP contribution in [-0.2, 0) is 11.3 Å². The Morgan fingerprint density at radius 2 is 2.13 bits per heavy atom. The molecular formula is C12H15N2O. The summed E-state index contributed by atoms with van der Waals surface area (Å²) in [5.74, 6) is 0. The monoisotopic (exact) mass is 203 g/mol. The molecule has 1 heterocycles. The summed E-state index contributed by atoms with van der Waals surface area (Å²) in [7, 11) is 0. The maximum Gasteiger partial charge on any atom is 0.209 e. The van der Waals surface area contributed by atoms with E-state index in [1.807, 2.05) is 23.1 Å². The number of piperazine rings is 1. The minimum Gasteiger partial charge on any atom is -0.343 e. The van der Waals surface area contributed by atoms with Gasteiger partial charge in [-0.25, -0.2) is 0 Å². The molecule has 3 heteroatoms. The Labute approximate surface area is 90.3 Å². The van der Waals surface area contributed by atoms with Gasteiger partial charge in [-0.3, -0.25) is 9.69 Å². The van der Waals surface area contributed by atoms with Crippen molar-refractivity contribution in [3.05, 3.63) is 35.9 Å². The summed E-state index contributed by atoms with van der Waals surface area (Å²) in [5, 5.41) is 0. The summed E-state index contributed by atoms with van der Waals surface area (Å²) in [6.07, 6.45) is 0.938. The van der Waals surface area contributed by atoms with Crippen LogP contribution in [0.2, 0.25) is 0 Å². The summed E-state index contributed by atoms with van der Waals surface area (Å²) in [4.78, 5) is 14.7. The van der Waals surface area contributed by atoms with Gasteiger partial charge in [-0.15, -0.1) is 0 Å². The molecule has 2 rings (SSSR count). The molecule has 0 N–H and O–H groups in total. The first-order valence-electron chi connectivity index (χ1n) is 5.25. The van der Waals surface area contributed by atoms with Crippen molar-refractivity contribution in [3.63, 3.8) is 0 Å². The van der Waals surface area contributed by atoms with Crippen molar-refractivity contribution in [1.82, 2.24) is 9.80 Å². The number of amides is 1. The van der Waals surface area contributed by atoms with E-state index >= 15 is 0 Å². The maximum absolute atomic E-state index is 10.5. The average molecular weight is 203 g/mol. The highest BCUT2D eigenvalue weighted by atomic mass is 16.1. The molecule has 3 nitrogen and oxygen atoms in total. The van der Waals surface area contributed by atoms with Gasteiger partial charge in [0, 0.05) is 32.7 Å². The first-order chi connectivity index (χ1) is 7.38. The zero-order valence-electron chi connectivity index (χ0n) is 8.72. The minimum absolute atomic E-state index is 0.847. The van der Waals surface area contributed by atoms with Crippen LogP contribution in [0.1, 0.15) is 5.56 Å². The summed E-state index contributed by atoms with van der Waals surface area (Å²) >= 11 is 0. The normalized spacial score (nSPS) is 17.7. The Kier molecular flexibility index (Phi) is 3.35. The molecule has 79 valence electrons. The van der Waals surface area contributed by atoms with Crippen LogP contribution in [-0.4, -0.2) is 42.4 Å². The zero-order chi connectivity index (χ0) is 10.5. The third-order valence-corrected chi connectivity index (χ3v) is 2.73. The van der Waals surface area contributed by atoms with Crippen molar-refractivity contribution in [2.75, 3.05) is 26.2 Å². The molecule has 1 aliphatic heterocycles. The quantitative estimate of drug-likeness (QED) is 0.677. The molecule has 0 bridgehead atoms. The Balaban J connectivity index is 1.85. The molecular weight excluding hydrogens is 188 g/mol. The summed E-state index contributed by atoms with van der Waals surface area (Å²) < 4.78 is 0. The highest BCUT2D eigenvalue weighted by Crippen LogP contribution is 2.06. The maximum atomic E-state index is 10.5. The molecule has 1 radical (unpaired) electrons. The molecule has 1 aliphatic rings. The van der Waals surface area contributed by atoms with Crippen LogP contribution in [0, 0.1) is 6.07 Å². The molecule has 0 saturated carbocycles. The van der Waals surface area contributed by atoms with Crippen molar-refractivity contribution < 1.29 is 4.79 Å². The topological polar surface area (TPSA) is 23.6 Å². The third-order valence-electron chi connectivity index (χ3n) is 2.73. The Bertz CT molecular complexity index is 305. The van der Waals surface area contributed by atoms with Gasteiger partial charge in [-0.05, 0) is 17.7 Å². The molecule has 1 amide bonds. The first kappa shape index (κ1) is 10.2. The van der Waals surface area contributed by atoms with Crippen LogP contribution in [0.5, 0.6) is 0 Å². The fourth-order valence-electron chi connectivity index (χ4n) is 1.81. The number of rotatable bonds is 3. The molecule has 0 atom stereocenters. The largest absolute Gasteiger partial charge is 0.343 e. The smallest absolute Gasteiger partial charge is 0.209 e. The fourth-order valence-corrected chi connectivity index (χ4v) is 1.81. The van der Waals surface area contributed by atoms with Crippen LogP contribution in [0.15, 0.2) is 24.3 Å². The van der Waals surface area contributed by atoms with E-state index in [-0.39, 0.29) is 0 Å². The van der Waals surface area contributed by atoms with Gasteiger partial charge in [0.1, 0.15) is 0 Å². The predicted molar refractivity (Wildman–Crippen MR) is 58.2 cm³/mol. The Morgan fingerprint density at radius 3 is 2.73 bits per heavy atom. The molecule has 15 heavy (non-hydrogen) atoms. The first-order valence-corrected chi connectivity index (χ1v) is 5.25. The highest BCUT2D eigenvalue weighted by molar-refractivity contribution is 5.47. The van der Waals surface area contributed by atoms with Crippen molar-refractivity contribution in [2.45, 2.75) is 6.54 Å². The number of carbonyl (C=O) groups excluding carboxylic acids is 1. The molecule has 0 spiro atoms. The van der Waals surface area contributed by atoms with E-state index in [4.69, 9.17) is 0 Å². The van der Waals surface area contributed by atoms with Crippen molar-refractivity contribution in [2.24, 2.45) is 0 Å². The lowest BCUT2D eigenvalue weighted by Gasteiger charge is -2.32. The van der Waals surface area contributed by atoms with Crippen LogP contribution in [0.25, 0.3) is 0 Å². The number of nitrogens with zero attached hydrogens (tertiary/aromatic N) is 2. The van der Waals surface area contributed by atoms with Gasteiger partial charge in [0.2, 0.25) is 6.41 Å². The van der Waals surface area contributed by atoms with Gasteiger partial charge in [0.05, 0.1) is 0 Å². The Hall–Kier alpha value is -1.35. The molecule has 0 aliphatic carbocycles. The van der Waals surface area contributed by atoms with Crippen molar-refractivity contribution >= 4 is 6.41 Å². The van der Waals surface area contributed by atoms with E-state index in [1.165, 1.54) is 5.56 Å². The van der Waals surface area contributed by atoms with E-state index < -0.39 is 0 Å². The number of hydrogen-bond donors (Lipinski definition) is 0. The van der Waals surface area contributed by atoms with E-state index in [0.717, 1.165) is 39.1 Å².